The lowest BCUT2D eigenvalue weighted by atomic mass is 10.1. The molecule has 22 heavy (non-hydrogen) atoms. The molecule has 0 aliphatic rings. The molecule has 0 unspecified atom stereocenters. The Morgan fingerprint density at radius 3 is 2.59 bits per heavy atom. The van der Waals surface area contributed by atoms with Crippen LogP contribution in [0.25, 0.3) is 11.0 Å². The summed E-state index contributed by atoms with van der Waals surface area (Å²) in [6.07, 6.45) is 3.09. The number of nitrogens with one attached hydrogen (secondary N) is 1. The summed E-state index contributed by atoms with van der Waals surface area (Å²) >= 11 is 0. The highest BCUT2D eigenvalue weighted by Crippen LogP contribution is 2.19. The van der Waals surface area contributed by atoms with E-state index in [-0.39, 0.29) is 0 Å². The third kappa shape index (κ3) is 3.55. The number of H-pyrrole nitrogens is 1. The van der Waals surface area contributed by atoms with Crippen molar-refractivity contribution in [3.63, 3.8) is 0 Å². The fourth-order valence-electron chi connectivity index (χ4n) is 2.80. The SMILES string of the molecule is CN(C)CCCc1cccc2[nH]c(Cc3ccccc3)nc12. The number of imidazole rings is 1. The van der Waals surface area contributed by atoms with E-state index in [2.05, 4.69) is 66.4 Å². The second-order valence-electron chi connectivity index (χ2n) is 6.07. The number of aromatic amines is 1. The minimum atomic E-state index is 0.854. The van der Waals surface area contributed by atoms with Gasteiger partial charge in [0.25, 0.3) is 0 Å². The number of hydrogen-bond acceptors (Lipinski definition) is 2. The summed E-state index contributed by atoms with van der Waals surface area (Å²) in [7, 11) is 4.24. The van der Waals surface area contributed by atoms with Crippen molar-refractivity contribution in [1.29, 1.82) is 0 Å². The van der Waals surface area contributed by atoms with Crippen molar-refractivity contribution >= 4 is 11.0 Å². The molecule has 3 heteroatoms. The Labute approximate surface area is 132 Å². The monoisotopic (exact) mass is 293 g/mol. The van der Waals surface area contributed by atoms with Gasteiger partial charge in [-0.1, -0.05) is 42.5 Å². The van der Waals surface area contributed by atoms with Crippen molar-refractivity contribution in [3.8, 4) is 0 Å². The maximum atomic E-state index is 4.84. The molecule has 1 aromatic heterocycles. The lowest BCUT2D eigenvalue weighted by Crippen LogP contribution is -2.13. The van der Waals surface area contributed by atoms with Gasteiger partial charge in [-0.3, -0.25) is 0 Å². The van der Waals surface area contributed by atoms with Gasteiger partial charge in [-0.25, -0.2) is 4.98 Å². The zero-order valence-corrected chi connectivity index (χ0v) is 13.3. The second-order valence-corrected chi connectivity index (χ2v) is 6.07. The molecule has 0 saturated carbocycles. The van der Waals surface area contributed by atoms with Gasteiger partial charge < -0.3 is 9.88 Å². The number of benzene rings is 2. The van der Waals surface area contributed by atoms with Crippen LogP contribution in [0.3, 0.4) is 0 Å². The summed E-state index contributed by atoms with van der Waals surface area (Å²) < 4.78 is 0. The van der Waals surface area contributed by atoms with E-state index in [1.807, 2.05) is 6.07 Å². The van der Waals surface area contributed by atoms with E-state index in [0.29, 0.717) is 0 Å². The largest absolute Gasteiger partial charge is 0.342 e. The van der Waals surface area contributed by atoms with Crippen LogP contribution >= 0.6 is 0 Å². The van der Waals surface area contributed by atoms with Crippen molar-refractivity contribution in [2.45, 2.75) is 19.3 Å². The first-order chi connectivity index (χ1) is 10.7. The summed E-state index contributed by atoms with van der Waals surface area (Å²) in [5.74, 6) is 1.04. The van der Waals surface area contributed by atoms with Gasteiger partial charge in [0.05, 0.1) is 11.0 Å². The van der Waals surface area contributed by atoms with Gasteiger partial charge in [-0.15, -0.1) is 0 Å². The fraction of sp³-hybridized carbons (Fsp3) is 0.316. The molecule has 0 saturated heterocycles. The van der Waals surface area contributed by atoms with Crippen LogP contribution in [0.1, 0.15) is 23.4 Å². The second kappa shape index (κ2) is 6.75. The fourth-order valence-corrected chi connectivity index (χ4v) is 2.80. The summed E-state index contributed by atoms with van der Waals surface area (Å²) in [4.78, 5) is 10.5. The first-order valence-electron chi connectivity index (χ1n) is 7.87. The van der Waals surface area contributed by atoms with Crippen LogP contribution in [0.5, 0.6) is 0 Å². The van der Waals surface area contributed by atoms with Gasteiger partial charge in [0.2, 0.25) is 0 Å². The van der Waals surface area contributed by atoms with Crippen molar-refractivity contribution in [3.05, 3.63) is 65.5 Å². The van der Waals surface area contributed by atoms with E-state index in [1.165, 1.54) is 11.1 Å². The molecule has 0 aliphatic carbocycles. The Kier molecular flexibility index (Phi) is 4.54. The van der Waals surface area contributed by atoms with Crippen molar-refractivity contribution in [2.24, 2.45) is 0 Å². The predicted molar refractivity (Wildman–Crippen MR) is 92.2 cm³/mol. The topological polar surface area (TPSA) is 31.9 Å². The lowest BCUT2D eigenvalue weighted by Gasteiger charge is -2.08. The minimum absolute atomic E-state index is 0.854. The van der Waals surface area contributed by atoms with Crippen LogP contribution in [-0.2, 0) is 12.8 Å². The highest BCUT2D eigenvalue weighted by molar-refractivity contribution is 5.78. The Morgan fingerprint density at radius 1 is 1.00 bits per heavy atom. The van der Waals surface area contributed by atoms with E-state index in [1.54, 1.807) is 0 Å². The normalized spacial score (nSPS) is 11.4. The quantitative estimate of drug-likeness (QED) is 0.752. The van der Waals surface area contributed by atoms with Crippen LogP contribution in [0.2, 0.25) is 0 Å². The van der Waals surface area contributed by atoms with Gasteiger partial charge in [0.1, 0.15) is 5.82 Å². The molecule has 0 amide bonds. The number of aryl methyl sites for hydroxylation is 1. The molecule has 3 aromatic rings. The molecular formula is C19H23N3. The Morgan fingerprint density at radius 2 is 1.82 bits per heavy atom. The average molecular weight is 293 g/mol. The summed E-state index contributed by atoms with van der Waals surface area (Å²) in [6, 6.07) is 16.9. The van der Waals surface area contributed by atoms with E-state index < -0.39 is 0 Å². The summed E-state index contributed by atoms with van der Waals surface area (Å²) in [6.45, 7) is 1.11. The van der Waals surface area contributed by atoms with Crippen molar-refractivity contribution < 1.29 is 0 Å². The number of para-hydroxylation sites is 1. The van der Waals surface area contributed by atoms with Crippen LogP contribution in [0.15, 0.2) is 48.5 Å². The van der Waals surface area contributed by atoms with Gasteiger partial charge in [-0.05, 0) is 50.7 Å². The predicted octanol–water partition coefficient (Wildman–Crippen LogP) is 3.65. The van der Waals surface area contributed by atoms with Crippen molar-refractivity contribution in [2.75, 3.05) is 20.6 Å². The molecule has 0 fully saturated rings. The molecule has 3 rings (SSSR count). The van der Waals surface area contributed by atoms with E-state index >= 15 is 0 Å². The Balaban J connectivity index is 1.80. The number of rotatable bonds is 6. The van der Waals surface area contributed by atoms with Gasteiger partial charge in [-0.2, -0.15) is 0 Å². The van der Waals surface area contributed by atoms with E-state index in [9.17, 15) is 0 Å². The molecule has 114 valence electrons. The summed E-state index contributed by atoms with van der Waals surface area (Å²) in [5, 5.41) is 0. The van der Waals surface area contributed by atoms with Gasteiger partial charge in [0.15, 0.2) is 0 Å². The first kappa shape index (κ1) is 14.8. The van der Waals surface area contributed by atoms with Crippen LogP contribution < -0.4 is 0 Å². The van der Waals surface area contributed by atoms with Gasteiger partial charge in [0, 0.05) is 6.42 Å². The zero-order valence-electron chi connectivity index (χ0n) is 13.3. The zero-order chi connectivity index (χ0) is 15.4. The van der Waals surface area contributed by atoms with Crippen LogP contribution in [0.4, 0.5) is 0 Å². The molecule has 3 nitrogen and oxygen atoms in total. The highest BCUT2D eigenvalue weighted by atomic mass is 15.0. The molecule has 2 aromatic carbocycles. The Bertz CT molecular complexity index is 729. The van der Waals surface area contributed by atoms with Gasteiger partial charge >= 0.3 is 0 Å². The molecule has 0 atom stereocenters. The number of nitrogens with zero attached hydrogens (tertiary/aromatic N) is 2. The van der Waals surface area contributed by atoms with E-state index in [0.717, 1.165) is 42.7 Å². The molecule has 0 radical (unpaired) electrons. The minimum Gasteiger partial charge on any atom is -0.342 e. The smallest absolute Gasteiger partial charge is 0.111 e. The van der Waals surface area contributed by atoms with Crippen molar-refractivity contribution in [1.82, 2.24) is 14.9 Å². The highest BCUT2D eigenvalue weighted by Gasteiger charge is 2.08. The Hall–Kier alpha value is -2.13. The molecule has 1 N–H and O–H groups in total. The number of fused-ring (bicyclic) bond motifs is 1. The number of aromatic nitrogens is 2. The molecular weight excluding hydrogens is 270 g/mol. The molecule has 0 aliphatic heterocycles. The third-order valence-electron chi connectivity index (χ3n) is 3.91. The maximum Gasteiger partial charge on any atom is 0.111 e. The van der Waals surface area contributed by atoms with Crippen LogP contribution in [0, 0.1) is 0 Å². The average Bonchev–Trinajstić information content (AvgIpc) is 2.91. The maximum absolute atomic E-state index is 4.84. The first-order valence-corrected chi connectivity index (χ1v) is 7.87. The number of hydrogen-bond donors (Lipinski definition) is 1. The summed E-state index contributed by atoms with van der Waals surface area (Å²) in [5.41, 5.74) is 4.91. The third-order valence-corrected chi connectivity index (χ3v) is 3.91. The van der Waals surface area contributed by atoms with E-state index in [4.69, 9.17) is 4.98 Å². The molecule has 0 spiro atoms. The lowest BCUT2D eigenvalue weighted by molar-refractivity contribution is 0.400. The van der Waals surface area contributed by atoms with Crippen LogP contribution in [-0.4, -0.2) is 35.5 Å². The molecule has 0 bridgehead atoms. The molecule has 1 heterocycles. The standard InChI is InChI=1S/C19H23N3/c1-22(2)13-7-11-16-10-6-12-17-19(16)21-18(20-17)14-15-8-4-3-5-9-15/h3-6,8-10,12H,7,11,13-14H2,1-2H3,(H,20,21).